The van der Waals surface area contributed by atoms with Gasteiger partial charge in [0.2, 0.25) is 0 Å². The monoisotopic (exact) mass is 226 g/mol. The second-order valence-corrected chi connectivity index (χ2v) is 3.88. The molecule has 1 aliphatic heterocycles. The number of para-hydroxylation sites is 2. The molecular formula is C12H18O4. The minimum absolute atomic E-state index is 0.156. The van der Waals surface area contributed by atoms with Crippen molar-refractivity contribution in [2.45, 2.75) is 13.3 Å². The zero-order valence-corrected chi connectivity index (χ0v) is 9.39. The van der Waals surface area contributed by atoms with E-state index < -0.39 is 5.41 Å². The number of hydrogen-bond acceptors (Lipinski definition) is 4. The molecule has 0 amide bonds. The van der Waals surface area contributed by atoms with Crippen LogP contribution in [0.1, 0.15) is 13.3 Å². The Hall–Kier alpha value is -1.10. The molecule has 0 spiro atoms. The second kappa shape index (κ2) is 5.84. The third kappa shape index (κ3) is 3.20. The molecule has 1 aromatic carbocycles. The summed E-state index contributed by atoms with van der Waals surface area (Å²) in [6.45, 7) is 1.35. The quantitative estimate of drug-likeness (QED) is 0.684. The molecule has 0 unspecified atom stereocenters. The minimum atomic E-state index is -0.667. The molecule has 0 atom stereocenters. The number of hydrogen-bond donors (Lipinski definition) is 3. The van der Waals surface area contributed by atoms with Gasteiger partial charge in [-0.05, 0) is 18.6 Å². The highest BCUT2D eigenvalue weighted by Crippen LogP contribution is 2.43. The molecular weight excluding hydrogens is 208 g/mol. The Bertz CT molecular complexity index is 282. The Morgan fingerprint density at radius 1 is 1.00 bits per heavy atom. The zero-order chi connectivity index (χ0) is 12.0. The van der Waals surface area contributed by atoms with E-state index in [0.29, 0.717) is 6.42 Å². The fourth-order valence-electron chi connectivity index (χ4n) is 1.10. The second-order valence-electron chi connectivity index (χ2n) is 3.88. The van der Waals surface area contributed by atoms with Gasteiger partial charge in [0.25, 0.3) is 0 Å². The molecule has 0 saturated heterocycles. The van der Waals surface area contributed by atoms with Crippen LogP contribution < -0.4 is 4.74 Å². The molecule has 16 heavy (non-hydrogen) atoms. The van der Waals surface area contributed by atoms with Gasteiger partial charge in [-0.1, -0.05) is 19.1 Å². The van der Waals surface area contributed by atoms with Gasteiger partial charge in [-0.2, -0.15) is 0 Å². The Labute approximate surface area is 95.1 Å². The molecule has 2 rings (SSSR count). The maximum Gasteiger partial charge on any atom is 0.170 e. The van der Waals surface area contributed by atoms with Crippen molar-refractivity contribution < 1.29 is 20.1 Å². The van der Waals surface area contributed by atoms with Gasteiger partial charge in [0.15, 0.2) is 11.5 Å². The summed E-state index contributed by atoms with van der Waals surface area (Å²) in [5, 5.41) is 26.0. The molecule has 4 nitrogen and oxygen atoms in total. The van der Waals surface area contributed by atoms with Gasteiger partial charge in [0, 0.05) is 5.41 Å². The van der Waals surface area contributed by atoms with E-state index in [1.165, 1.54) is 0 Å². The van der Waals surface area contributed by atoms with Crippen molar-refractivity contribution in [2.75, 3.05) is 19.8 Å². The summed E-state index contributed by atoms with van der Waals surface area (Å²) in [4.78, 5) is 0. The molecule has 3 N–H and O–H groups in total. The van der Waals surface area contributed by atoms with Crippen LogP contribution in [0.2, 0.25) is 0 Å². The Kier molecular flexibility index (Phi) is 4.73. The standard InChI is InChI=1S/C6H14O3.C6H4O/c1-2-6(3-7,4-8)5-9;1-2-4-6-5(3-1)7-6/h7-9H,2-5H2,1H3;1-4H. The van der Waals surface area contributed by atoms with Crippen molar-refractivity contribution in [2.24, 2.45) is 5.41 Å². The first-order valence-corrected chi connectivity index (χ1v) is 5.31. The summed E-state index contributed by atoms with van der Waals surface area (Å²) < 4.78 is 4.94. The van der Waals surface area contributed by atoms with Crippen LogP contribution in [-0.4, -0.2) is 35.1 Å². The first kappa shape index (κ1) is 13.0. The van der Waals surface area contributed by atoms with Gasteiger partial charge in [-0.3, -0.25) is 0 Å². The van der Waals surface area contributed by atoms with Crippen molar-refractivity contribution in [1.29, 1.82) is 0 Å². The Morgan fingerprint density at radius 2 is 1.44 bits per heavy atom. The number of aliphatic hydroxyl groups excluding tert-OH is 3. The summed E-state index contributed by atoms with van der Waals surface area (Å²) in [5.74, 6) is 2.06. The summed E-state index contributed by atoms with van der Waals surface area (Å²) in [6.07, 6.45) is 0.594. The van der Waals surface area contributed by atoms with E-state index in [2.05, 4.69) is 0 Å². The maximum absolute atomic E-state index is 8.66. The van der Waals surface area contributed by atoms with Crippen LogP contribution in [0.4, 0.5) is 0 Å². The minimum Gasteiger partial charge on any atom is -0.450 e. The molecule has 90 valence electrons. The third-order valence-electron chi connectivity index (χ3n) is 2.78. The van der Waals surface area contributed by atoms with Gasteiger partial charge in [0.1, 0.15) is 0 Å². The fraction of sp³-hybridized carbons (Fsp3) is 0.500. The maximum atomic E-state index is 8.66. The zero-order valence-electron chi connectivity index (χ0n) is 9.39. The fourth-order valence-corrected chi connectivity index (χ4v) is 1.10. The van der Waals surface area contributed by atoms with Crippen LogP contribution in [0.5, 0.6) is 11.5 Å². The molecule has 0 fully saturated rings. The smallest absolute Gasteiger partial charge is 0.170 e. The van der Waals surface area contributed by atoms with Crippen LogP contribution in [0.25, 0.3) is 0 Å². The molecule has 0 radical (unpaired) electrons. The predicted molar refractivity (Wildman–Crippen MR) is 60.5 cm³/mol. The molecule has 1 heterocycles. The highest BCUT2D eigenvalue weighted by Gasteiger charge is 2.24. The number of aliphatic hydroxyl groups is 3. The van der Waals surface area contributed by atoms with Gasteiger partial charge in [-0.25, -0.2) is 0 Å². The van der Waals surface area contributed by atoms with Crippen LogP contribution in [0, 0.1) is 5.41 Å². The highest BCUT2D eigenvalue weighted by molar-refractivity contribution is 5.53. The van der Waals surface area contributed by atoms with Crippen molar-refractivity contribution in [3.63, 3.8) is 0 Å². The van der Waals surface area contributed by atoms with E-state index in [0.717, 1.165) is 11.5 Å². The molecule has 0 aliphatic carbocycles. The van der Waals surface area contributed by atoms with Crippen molar-refractivity contribution >= 4 is 0 Å². The van der Waals surface area contributed by atoms with E-state index in [1.807, 2.05) is 31.2 Å². The lowest BCUT2D eigenvalue weighted by molar-refractivity contribution is 0.00304. The highest BCUT2D eigenvalue weighted by atomic mass is 16.6. The lowest BCUT2D eigenvalue weighted by Crippen LogP contribution is -2.32. The lowest BCUT2D eigenvalue weighted by Gasteiger charge is -2.24. The van der Waals surface area contributed by atoms with E-state index in [9.17, 15) is 0 Å². The third-order valence-corrected chi connectivity index (χ3v) is 2.78. The van der Waals surface area contributed by atoms with Crippen LogP contribution in [-0.2, 0) is 0 Å². The molecule has 0 aromatic heterocycles. The summed E-state index contributed by atoms with van der Waals surface area (Å²) >= 11 is 0. The van der Waals surface area contributed by atoms with Crippen molar-refractivity contribution in [3.05, 3.63) is 24.3 Å². The Balaban J connectivity index is 0.000000163. The van der Waals surface area contributed by atoms with Gasteiger partial charge in [0.05, 0.1) is 19.8 Å². The van der Waals surface area contributed by atoms with Crippen LogP contribution >= 0.6 is 0 Å². The van der Waals surface area contributed by atoms with Gasteiger partial charge in [-0.15, -0.1) is 0 Å². The summed E-state index contributed by atoms with van der Waals surface area (Å²) in [5.41, 5.74) is -0.667. The van der Waals surface area contributed by atoms with Crippen LogP contribution in [0.3, 0.4) is 0 Å². The largest absolute Gasteiger partial charge is 0.450 e. The van der Waals surface area contributed by atoms with E-state index >= 15 is 0 Å². The summed E-state index contributed by atoms with van der Waals surface area (Å²) in [6, 6.07) is 7.84. The first-order valence-electron chi connectivity index (χ1n) is 5.31. The lowest BCUT2D eigenvalue weighted by atomic mass is 9.88. The van der Waals surface area contributed by atoms with E-state index in [-0.39, 0.29) is 19.8 Å². The van der Waals surface area contributed by atoms with Crippen molar-refractivity contribution in [1.82, 2.24) is 0 Å². The average molecular weight is 226 g/mol. The summed E-state index contributed by atoms with van der Waals surface area (Å²) in [7, 11) is 0. The van der Waals surface area contributed by atoms with E-state index in [1.54, 1.807) is 0 Å². The van der Waals surface area contributed by atoms with Crippen molar-refractivity contribution in [3.8, 4) is 11.5 Å². The van der Waals surface area contributed by atoms with Gasteiger partial charge < -0.3 is 20.1 Å². The Morgan fingerprint density at radius 3 is 1.62 bits per heavy atom. The van der Waals surface area contributed by atoms with Gasteiger partial charge >= 0.3 is 0 Å². The molecule has 0 saturated carbocycles. The molecule has 4 heteroatoms. The van der Waals surface area contributed by atoms with Crippen LogP contribution in [0.15, 0.2) is 24.3 Å². The number of rotatable bonds is 4. The predicted octanol–water partition coefficient (Wildman–Crippen LogP) is 1.15. The first-order chi connectivity index (χ1) is 7.71. The average Bonchev–Trinajstić information content (AvgIpc) is 3.13. The molecule has 1 aliphatic rings. The SMILES string of the molecule is CCC(CO)(CO)CO.c1ccc2c(c1)O2. The normalized spacial score (nSPS) is 12.0. The molecule has 0 bridgehead atoms. The number of ether oxygens (including phenoxy) is 1. The topological polar surface area (TPSA) is 73.2 Å². The number of fused-ring (bicyclic) bond motifs is 1. The number of benzene rings is 1. The molecule has 1 aromatic rings. The van der Waals surface area contributed by atoms with E-state index in [4.69, 9.17) is 20.1 Å².